The molecule has 1 aliphatic carbocycles. The molecule has 1 fully saturated rings. The number of nitrogens with one attached hydrogen (secondary N) is 1. The number of hydrogen-bond donors (Lipinski definition) is 1. The second-order valence-electron chi connectivity index (χ2n) is 7.80. The summed E-state index contributed by atoms with van der Waals surface area (Å²) in [5.41, 5.74) is 4.19. The summed E-state index contributed by atoms with van der Waals surface area (Å²) < 4.78 is 5.49. The van der Waals surface area contributed by atoms with Crippen LogP contribution in [0.4, 0.5) is 4.79 Å². The van der Waals surface area contributed by atoms with Gasteiger partial charge in [-0.1, -0.05) is 12.1 Å². The second-order valence-corrected chi connectivity index (χ2v) is 8.61. The van der Waals surface area contributed by atoms with Crippen LogP contribution in [0.3, 0.4) is 0 Å². The van der Waals surface area contributed by atoms with Crippen molar-refractivity contribution in [1.29, 1.82) is 0 Å². The van der Waals surface area contributed by atoms with Gasteiger partial charge in [0.1, 0.15) is 0 Å². The lowest BCUT2D eigenvalue weighted by molar-refractivity contribution is 0.0526. The van der Waals surface area contributed by atoms with Crippen molar-refractivity contribution in [2.24, 2.45) is 5.92 Å². The lowest BCUT2D eigenvalue weighted by atomic mass is 9.72. The molecule has 1 N–H and O–H groups in total. The number of H-pyrrole nitrogens is 1. The SMILES string of the molecule is CSc1[nH]c2cccc3c2c1C[C@@H]1[C@@H]3CC(COC(=O)N(C)C)CN1C. The summed E-state index contributed by atoms with van der Waals surface area (Å²) in [5.74, 6) is 0.874. The second kappa shape index (κ2) is 6.82. The minimum Gasteiger partial charge on any atom is -0.449 e. The number of nitrogens with zero attached hydrogens (tertiary/aromatic N) is 2. The Bertz CT molecular complexity index is 832. The van der Waals surface area contributed by atoms with Crippen LogP contribution >= 0.6 is 11.8 Å². The van der Waals surface area contributed by atoms with E-state index in [1.54, 1.807) is 14.1 Å². The molecule has 0 radical (unpaired) electrons. The molecule has 2 heterocycles. The van der Waals surface area contributed by atoms with E-state index in [0.717, 1.165) is 19.4 Å². The maximum atomic E-state index is 11.8. The third-order valence-corrected chi connectivity index (χ3v) is 6.67. The standard InChI is InChI=1S/C20H27N3O2S/c1-22(2)20(24)25-11-12-8-14-13-6-5-7-16-18(13)15(19(21-16)26-4)9-17(14)23(3)10-12/h5-7,12,14,17,21H,8-11H2,1-4H3/t12?,14-,17-/m1/s1. The lowest BCUT2D eigenvalue weighted by Crippen LogP contribution is -2.49. The summed E-state index contributed by atoms with van der Waals surface area (Å²) >= 11 is 1.81. The van der Waals surface area contributed by atoms with Gasteiger partial charge in [-0.25, -0.2) is 4.79 Å². The molecule has 3 atom stereocenters. The zero-order valence-corrected chi connectivity index (χ0v) is 16.7. The highest BCUT2D eigenvalue weighted by Gasteiger charge is 2.40. The van der Waals surface area contributed by atoms with Crippen LogP contribution in [0.15, 0.2) is 23.2 Å². The van der Waals surface area contributed by atoms with Gasteiger partial charge in [0.25, 0.3) is 0 Å². The molecule has 2 aromatic rings. The van der Waals surface area contributed by atoms with Crippen molar-refractivity contribution in [3.05, 3.63) is 29.3 Å². The zero-order chi connectivity index (χ0) is 18.4. The van der Waals surface area contributed by atoms with Crippen molar-refractivity contribution in [3.63, 3.8) is 0 Å². The lowest BCUT2D eigenvalue weighted by Gasteiger charge is -2.45. The smallest absolute Gasteiger partial charge is 0.409 e. The number of fused-ring (bicyclic) bond motifs is 2. The van der Waals surface area contributed by atoms with Gasteiger partial charge in [-0.05, 0) is 43.3 Å². The molecule has 0 spiro atoms. The topological polar surface area (TPSA) is 48.6 Å². The summed E-state index contributed by atoms with van der Waals surface area (Å²) in [7, 11) is 5.67. The highest BCUT2D eigenvalue weighted by Crippen LogP contribution is 2.46. The Kier molecular flexibility index (Phi) is 4.65. The number of benzene rings is 1. The van der Waals surface area contributed by atoms with Gasteiger partial charge in [-0.2, -0.15) is 0 Å². The molecule has 2 aliphatic rings. The Balaban J connectivity index is 1.63. The van der Waals surface area contributed by atoms with Crippen LogP contribution in [0.5, 0.6) is 0 Å². The van der Waals surface area contributed by atoms with E-state index >= 15 is 0 Å². The maximum Gasteiger partial charge on any atom is 0.409 e. The van der Waals surface area contributed by atoms with Crippen LogP contribution in [-0.2, 0) is 11.2 Å². The van der Waals surface area contributed by atoms with Crippen LogP contribution in [0.1, 0.15) is 23.5 Å². The number of hydrogen-bond acceptors (Lipinski definition) is 4. The van der Waals surface area contributed by atoms with Gasteiger partial charge >= 0.3 is 6.09 Å². The third kappa shape index (κ3) is 2.89. The number of rotatable bonds is 3. The first kappa shape index (κ1) is 17.7. The normalized spacial score (nSPS) is 25.2. The average molecular weight is 374 g/mol. The monoisotopic (exact) mass is 373 g/mol. The largest absolute Gasteiger partial charge is 0.449 e. The number of carbonyl (C=O) groups is 1. The van der Waals surface area contributed by atoms with Gasteiger partial charge in [-0.3, -0.25) is 0 Å². The number of piperidine rings is 1. The van der Waals surface area contributed by atoms with E-state index in [9.17, 15) is 4.79 Å². The van der Waals surface area contributed by atoms with Gasteiger partial charge in [0.05, 0.1) is 11.6 Å². The quantitative estimate of drug-likeness (QED) is 0.836. The molecule has 1 aromatic heterocycles. The molecular formula is C20H27N3O2S. The van der Waals surface area contributed by atoms with E-state index < -0.39 is 0 Å². The van der Waals surface area contributed by atoms with Crippen molar-refractivity contribution in [2.45, 2.75) is 29.8 Å². The molecular weight excluding hydrogens is 346 g/mol. The summed E-state index contributed by atoms with van der Waals surface area (Å²) in [5, 5.41) is 2.73. The van der Waals surface area contributed by atoms with Gasteiger partial charge in [0.15, 0.2) is 0 Å². The summed E-state index contributed by atoms with van der Waals surface area (Å²) in [4.78, 5) is 19.4. The Morgan fingerprint density at radius 2 is 2.23 bits per heavy atom. The molecule has 26 heavy (non-hydrogen) atoms. The predicted molar refractivity (Wildman–Crippen MR) is 106 cm³/mol. The van der Waals surface area contributed by atoms with Crippen LogP contribution in [0, 0.1) is 5.92 Å². The number of thioether (sulfide) groups is 1. The highest BCUT2D eigenvalue weighted by atomic mass is 32.2. The highest BCUT2D eigenvalue weighted by molar-refractivity contribution is 7.98. The van der Waals surface area contributed by atoms with Crippen LogP contribution in [0.25, 0.3) is 10.9 Å². The number of aromatic nitrogens is 1. The summed E-state index contributed by atoms with van der Waals surface area (Å²) in [6.45, 7) is 1.48. The Morgan fingerprint density at radius 1 is 1.42 bits per heavy atom. The van der Waals surface area contributed by atoms with Crippen LogP contribution in [-0.4, -0.2) is 67.5 Å². The zero-order valence-electron chi connectivity index (χ0n) is 15.9. The van der Waals surface area contributed by atoms with Crippen molar-refractivity contribution >= 4 is 28.8 Å². The Labute approximate surface area is 159 Å². The van der Waals surface area contributed by atoms with Crippen molar-refractivity contribution in [2.75, 3.05) is 40.6 Å². The fraction of sp³-hybridized carbons (Fsp3) is 0.550. The molecule has 1 aliphatic heterocycles. The third-order valence-electron chi connectivity index (χ3n) is 5.91. The molecule has 5 nitrogen and oxygen atoms in total. The molecule has 1 unspecified atom stereocenters. The van der Waals surface area contributed by atoms with Crippen molar-refractivity contribution in [3.8, 4) is 0 Å². The predicted octanol–water partition coefficient (Wildman–Crippen LogP) is 3.55. The number of carbonyl (C=O) groups excluding carboxylic acids is 1. The van der Waals surface area contributed by atoms with Crippen molar-refractivity contribution in [1.82, 2.24) is 14.8 Å². The number of aromatic amines is 1. The average Bonchev–Trinajstić information content (AvgIpc) is 2.99. The van der Waals surface area contributed by atoms with Gasteiger partial charge in [0, 0.05) is 49.4 Å². The van der Waals surface area contributed by atoms with Crippen LogP contribution in [0.2, 0.25) is 0 Å². The van der Waals surface area contributed by atoms with Crippen molar-refractivity contribution < 1.29 is 9.53 Å². The molecule has 1 saturated heterocycles. The number of likely N-dealkylation sites (tertiary alicyclic amines) is 1. The van der Waals surface area contributed by atoms with E-state index in [1.807, 2.05) is 11.8 Å². The number of ether oxygens (including phenoxy) is 1. The van der Waals surface area contributed by atoms with Gasteiger partial charge < -0.3 is 19.5 Å². The van der Waals surface area contributed by atoms with Crippen LogP contribution < -0.4 is 0 Å². The molecule has 6 heteroatoms. The summed E-state index contributed by atoms with van der Waals surface area (Å²) in [6.07, 6.45) is 4.07. The minimum atomic E-state index is -0.252. The van der Waals surface area contributed by atoms with E-state index in [-0.39, 0.29) is 6.09 Å². The fourth-order valence-corrected chi connectivity index (χ4v) is 5.37. The van der Waals surface area contributed by atoms with E-state index in [4.69, 9.17) is 4.74 Å². The number of likely N-dealkylation sites (N-methyl/N-ethyl adjacent to an activating group) is 1. The molecule has 1 aromatic carbocycles. The Hall–Kier alpha value is -1.66. The maximum absolute atomic E-state index is 11.8. The van der Waals surface area contributed by atoms with E-state index in [0.29, 0.717) is 24.5 Å². The fourth-order valence-electron chi connectivity index (χ4n) is 4.72. The van der Waals surface area contributed by atoms with Gasteiger partial charge in [0.2, 0.25) is 0 Å². The van der Waals surface area contributed by atoms with Gasteiger partial charge in [-0.15, -0.1) is 11.8 Å². The molecule has 0 saturated carbocycles. The minimum absolute atomic E-state index is 0.252. The number of amides is 1. The molecule has 4 rings (SSSR count). The Morgan fingerprint density at radius 3 is 2.96 bits per heavy atom. The summed E-state index contributed by atoms with van der Waals surface area (Å²) in [6, 6.07) is 7.17. The first-order chi connectivity index (χ1) is 12.5. The molecule has 140 valence electrons. The first-order valence-electron chi connectivity index (χ1n) is 9.21. The first-order valence-corrected chi connectivity index (χ1v) is 10.4. The molecule has 0 bridgehead atoms. The van der Waals surface area contributed by atoms with E-state index in [2.05, 4.69) is 41.4 Å². The van der Waals surface area contributed by atoms with E-state index in [1.165, 1.54) is 32.0 Å². The molecule has 1 amide bonds.